The molecule has 1 N–H and O–H groups in total. The maximum atomic E-state index is 5.55. The first kappa shape index (κ1) is 18.0. The van der Waals surface area contributed by atoms with Gasteiger partial charge >= 0.3 is 0 Å². The average Bonchev–Trinajstić information content (AvgIpc) is 2.78. The van der Waals surface area contributed by atoms with Gasteiger partial charge in [-0.2, -0.15) is 0 Å². The molecule has 21 heavy (non-hydrogen) atoms. The van der Waals surface area contributed by atoms with Gasteiger partial charge in [0.1, 0.15) is 0 Å². The second kappa shape index (κ2) is 12.7. The molecule has 0 fully saturated rings. The molecule has 2 nitrogen and oxygen atoms in total. The lowest BCUT2D eigenvalue weighted by Crippen LogP contribution is -2.17. The standard InChI is InChI=1S/C19H33NO/c1-3-5-6-7-8-10-13-18(15-17-21-4-2)19-14-11-9-12-16-20-19/h9,11-12,14,16,18,20H,3-8,10,13,15,17H2,1-2H3. The van der Waals surface area contributed by atoms with E-state index in [9.17, 15) is 0 Å². The van der Waals surface area contributed by atoms with Gasteiger partial charge in [-0.05, 0) is 31.9 Å². The van der Waals surface area contributed by atoms with E-state index in [0.29, 0.717) is 5.92 Å². The third-order valence-corrected chi connectivity index (χ3v) is 4.00. The fourth-order valence-electron chi connectivity index (χ4n) is 2.72. The Hall–Kier alpha value is -1.02. The molecule has 0 saturated heterocycles. The average molecular weight is 291 g/mol. The molecule has 0 bridgehead atoms. The van der Waals surface area contributed by atoms with Crippen LogP contribution in [0.15, 0.2) is 36.2 Å². The molecular formula is C19H33NO. The predicted octanol–water partition coefficient (Wildman–Crippen LogP) is 5.34. The van der Waals surface area contributed by atoms with E-state index < -0.39 is 0 Å². The number of ether oxygens (including phenoxy) is 1. The van der Waals surface area contributed by atoms with E-state index in [1.54, 1.807) is 0 Å². The van der Waals surface area contributed by atoms with Crippen molar-refractivity contribution in [2.45, 2.75) is 65.2 Å². The van der Waals surface area contributed by atoms with Crippen LogP contribution in [-0.2, 0) is 4.74 Å². The van der Waals surface area contributed by atoms with E-state index in [1.807, 2.05) is 12.3 Å². The Morgan fingerprint density at radius 1 is 0.952 bits per heavy atom. The van der Waals surface area contributed by atoms with Crippen LogP contribution in [0.1, 0.15) is 65.2 Å². The SMILES string of the molecule is CCCCCCCCC(CCOCC)C1=CC=CC=CN1. The number of hydrogen-bond donors (Lipinski definition) is 1. The molecule has 0 aromatic carbocycles. The second-order valence-corrected chi connectivity index (χ2v) is 5.75. The quantitative estimate of drug-likeness (QED) is 0.490. The molecule has 1 rings (SSSR count). The summed E-state index contributed by atoms with van der Waals surface area (Å²) in [6, 6.07) is 0. The number of unbranched alkanes of at least 4 members (excludes halogenated alkanes) is 5. The molecule has 1 aliphatic rings. The van der Waals surface area contributed by atoms with Crippen LogP contribution in [0.5, 0.6) is 0 Å². The van der Waals surface area contributed by atoms with Crippen LogP contribution in [0.2, 0.25) is 0 Å². The van der Waals surface area contributed by atoms with Crippen LogP contribution in [-0.4, -0.2) is 13.2 Å². The first-order chi connectivity index (χ1) is 10.4. The van der Waals surface area contributed by atoms with Gasteiger partial charge in [0.25, 0.3) is 0 Å². The Morgan fingerprint density at radius 2 is 1.76 bits per heavy atom. The van der Waals surface area contributed by atoms with Crippen molar-refractivity contribution in [2.24, 2.45) is 5.92 Å². The van der Waals surface area contributed by atoms with Crippen molar-refractivity contribution in [1.29, 1.82) is 0 Å². The zero-order valence-corrected chi connectivity index (χ0v) is 13.9. The molecule has 0 aromatic rings. The maximum Gasteiger partial charge on any atom is 0.0472 e. The van der Waals surface area contributed by atoms with Crippen LogP contribution < -0.4 is 5.32 Å². The van der Waals surface area contributed by atoms with E-state index in [-0.39, 0.29) is 0 Å². The highest BCUT2D eigenvalue weighted by Crippen LogP contribution is 2.22. The minimum atomic E-state index is 0.593. The zero-order valence-electron chi connectivity index (χ0n) is 13.9. The lowest BCUT2D eigenvalue weighted by Gasteiger charge is -2.20. The summed E-state index contributed by atoms with van der Waals surface area (Å²) in [7, 11) is 0. The third-order valence-electron chi connectivity index (χ3n) is 4.00. The summed E-state index contributed by atoms with van der Waals surface area (Å²) in [6.07, 6.45) is 21.1. The molecule has 0 amide bonds. The largest absolute Gasteiger partial charge is 0.382 e. The molecule has 120 valence electrons. The fraction of sp³-hybridized carbons (Fsp3) is 0.684. The number of nitrogens with one attached hydrogen (secondary N) is 1. The van der Waals surface area contributed by atoms with Crippen LogP contribution in [0.25, 0.3) is 0 Å². The van der Waals surface area contributed by atoms with Crippen molar-refractivity contribution in [2.75, 3.05) is 13.2 Å². The van der Waals surface area contributed by atoms with E-state index >= 15 is 0 Å². The van der Waals surface area contributed by atoms with Gasteiger partial charge in [0, 0.05) is 31.0 Å². The summed E-state index contributed by atoms with van der Waals surface area (Å²) in [4.78, 5) is 0. The van der Waals surface area contributed by atoms with Gasteiger partial charge in [-0.25, -0.2) is 0 Å². The van der Waals surface area contributed by atoms with E-state index in [1.165, 1.54) is 50.6 Å². The van der Waals surface area contributed by atoms with Gasteiger partial charge in [-0.1, -0.05) is 57.6 Å². The summed E-state index contributed by atoms with van der Waals surface area (Å²) in [5.41, 5.74) is 1.34. The fourth-order valence-corrected chi connectivity index (χ4v) is 2.72. The lowest BCUT2D eigenvalue weighted by atomic mass is 9.93. The van der Waals surface area contributed by atoms with Crippen molar-refractivity contribution in [3.05, 3.63) is 36.2 Å². The van der Waals surface area contributed by atoms with Gasteiger partial charge in [0.05, 0.1) is 0 Å². The van der Waals surface area contributed by atoms with Crippen LogP contribution in [0.4, 0.5) is 0 Å². The number of rotatable bonds is 12. The molecule has 1 atom stereocenters. The minimum Gasteiger partial charge on any atom is -0.382 e. The summed E-state index contributed by atoms with van der Waals surface area (Å²) in [6.45, 7) is 6.02. The highest BCUT2D eigenvalue weighted by Gasteiger charge is 2.13. The molecule has 0 aromatic heterocycles. The van der Waals surface area contributed by atoms with Gasteiger partial charge in [0.2, 0.25) is 0 Å². The molecule has 1 aliphatic heterocycles. The first-order valence-electron chi connectivity index (χ1n) is 8.76. The first-order valence-corrected chi connectivity index (χ1v) is 8.76. The van der Waals surface area contributed by atoms with Gasteiger partial charge in [-0.15, -0.1) is 0 Å². The Balaban J connectivity index is 2.35. The minimum absolute atomic E-state index is 0.593. The number of hydrogen-bond acceptors (Lipinski definition) is 2. The summed E-state index contributed by atoms with van der Waals surface area (Å²) in [5, 5.41) is 3.43. The monoisotopic (exact) mass is 291 g/mol. The second-order valence-electron chi connectivity index (χ2n) is 5.75. The van der Waals surface area contributed by atoms with Crippen molar-refractivity contribution in [3.8, 4) is 0 Å². The molecule has 0 saturated carbocycles. The van der Waals surface area contributed by atoms with Crippen molar-refractivity contribution in [1.82, 2.24) is 5.32 Å². The van der Waals surface area contributed by atoms with E-state index in [0.717, 1.165) is 19.6 Å². The van der Waals surface area contributed by atoms with Gasteiger partial charge in [-0.3, -0.25) is 0 Å². The van der Waals surface area contributed by atoms with Crippen molar-refractivity contribution >= 4 is 0 Å². The normalized spacial score (nSPS) is 15.4. The highest BCUT2D eigenvalue weighted by atomic mass is 16.5. The van der Waals surface area contributed by atoms with E-state index in [4.69, 9.17) is 4.74 Å². The molecule has 0 aliphatic carbocycles. The Kier molecular flexibility index (Phi) is 10.9. The van der Waals surface area contributed by atoms with Crippen LogP contribution in [0.3, 0.4) is 0 Å². The smallest absolute Gasteiger partial charge is 0.0472 e. The van der Waals surface area contributed by atoms with Crippen LogP contribution >= 0.6 is 0 Å². The van der Waals surface area contributed by atoms with Gasteiger partial charge in [0.15, 0.2) is 0 Å². The van der Waals surface area contributed by atoms with E-state index in [2.05, 4.69) is 37.4 Å². The predicted molar refractivity (Wildman–Crippen MR) is 92.1 cm³/mol. The number of allylic oxidation sites excluding steroid dienone is 5. The summed E-state index contributed by atoms with van der Waals surface area (Å²) >= 11 is 0. The summed E-state index contributed by atoms with van der Waals surface area (Å²) < 4.78 is 5.55. The zero-order chi connectivity index (χ0) is 15.2. The Bertz CT molecular complexity index is 330. The molecule has 2 heteroatoms. The molecule has 0 radical (unpaired) electrons. The Morgan fingerprint density at radius 3 is 2.57 bits per heavy atom. The van der Waals surface area contributed by atoms with Crippen molar-refractivity contribution < 1.29 is 4.74 Å². The summed E-state index contributed by atoms with van der Waals surface area (Å²) in [5.74, 6) is 0.593. The molecule has 1 heterocycles. The third kappa shape index (κ3) is 8.77. The molecule has 1 unspecified atom stereocenters. The molecular weight excluding hydrogens is 258 g/mol. The lowest BCUT2D eigenvalue weighted by molar-refractivity contribution is 0.134. The van der Waals surface area contributed by atoms with Crippen molar-refractivity contribution in [3.63, 3.8) is 0 Å². The highest BCUT2D eigenvalue weighted by molar-refractivity contribution is 5.22. The van der Waals surface area contributed by atoms with Crippen LogP contribution in [0, 0.1) is 5.92 Å². The molecule has 0 spiro atoms. The topological polar surface area (TPSA) is 21.3 Å². The Labute approximate surface area is 131 Å². The maximum absolute atomic E-state index is 5.55. The van der Waals surface area contributed by atoms with Gasteiger partial charge < -0.3 is 10.1 Å².